The predicted octanol–water partition coefficient (Wildman–Crippen LogP) is 9.78. The fourth-order valence-electron chi connectivity index (χ4n) is 6.92. The Balaban J connectivity index is 0.000000191. The van der Waals surface area contributed by atoms with Crippen LogP contribution in [0.2, 0.25) is 0 Å². The summed E-state index contributed by atoms with van der Waals surface area (Å²) in [5.74, 6) is 3.41. The van der Waals surface area contributed by atoms with Crippen LogP contribution in [0.5, 0.6) is 11.5 Å². The molecule has 1 aliphatic rings. The second-order valence-electron chi connectivity index (χ2n) is 13.6. The van der Waals surface area contributed by atoms with E-state index in [0.29, 0.717) is 24.2 Å². The van der Waals surface area contributed by atoms with Crippen LogP contribution in [-0.2, 0) is 33.5 Å². The minimum Gasteiger partial charge on any atom is -0.492 e. The van der Waals surface area contributed by atoms with Crippen molar-refractivity contribution in [2.75, 3.05) is 19.7 Å². The first-order valence-corrected chi connectivity index (χ1v) is 20.2. The van der Waals surface area contributed by atoms with Gasteiger partial charge in [-0.25, -0.2) is 9.97 Å². The Hall–Kier alpha value is -4.53. The molecule has 1 saturated heterocycles. The zero-order valence-electron chi connectivity index (χ0n) is 30.8. The van der Waals surface area contributed by atoms with E-state index in [0.717, 1.165) is 84.2 Å². The van der Waals surface area contributed by atoms with Gasteiger partial charge in [0.25, 0.3) is 0 Å². The number of H-pyrrole nitrogens is 1. The lowest BCUT2D eigenvalue weighted by Crippen LogP contribution is -2.19. The average Bonchev–Trinajstić information content (AvgIpc) is 4.00. The van der Waals surface area contributed by atoms with Gasteiger partial charge in [-0.2, -0.15) is 13.2 Å². The van der Waals surface area contributed by atoms with Gasteiger partial charge >= 0.3 is 6.18 Å². The SMILES string of the molecule is CCCc1cnc(-c2cc3sccc3n2C)n1CCOc1ccc(OC2CCCNCC2)cc1.Cn1c(-c2ncc(CCC(F)(F)F)[nH]2)cc2sccc21. The van der Waals surface area contributed by atoms with Crippen molar-refractivity contribution in [1.29, 1.82) is 0 Å². The number of aromatic nitrogens is 6. The fraction of sp³-hybridized carbons (Fsp3) is 0.400. The summed E-state index contributed by atoms with van der Waals surface area (Å²) < 4.78 is 57.9. The van der Waals surface area contributed by atoms with Crippen LogP contribution in [0.1, 0.15) is 50.4 Å². The van der Waals surface area contributed by atoms with Gasteiger partial charge in [0.05, 0.1) is 44.5 Å². The normalized spacial score (nSPS) is 15.0. The highest BCUT2D eigenvalue weighted by Crippen LogP contribution is 2.32. The van der Waals surface area contributed by atoms with Crippen molar-refractivity contribution in [3.05, 3.63) is 83.1 Å². The molecule has 54 heavy (non-hydrogen) atoms. The highest BCUT2D eigenvalue weighted by atomic mass is 32.1. The van der Waals surface area contributed by atoms with Crippen LogP contribution in [0.3, 0.4) is 0 Å². The number of thiophene rings is 2. The molecule has 0 aliphatic carbocycles. The molecule has 6 aromatic heterocycles. The van der Waals surface area contributed by atoms with Gasteiger partial charge in [0.2, 0.25) is 0 Å². The first kappa shape index (κ1) is 37.8. The topological polar surface area (TPSA) is 86.8 Å². The number of fused-ring (bicyclic) bond motifs is 2. The molecule has 1 aliphatic heterocycles. The molecule has 7 heterocycles. The van der Waals surface area contributed by atoms with Gasteiger partial charge in [-0.1, -0.05) is 13.3 Å². The predicted molar refractivity (Wildman–Crippen MR) is 212 cm³/mol. The monoisotopic (exact) mass is 777 g/mol. The molecule has 1 aromatic carbocycles. The second kappa shape index (κ2) is 16.9. The zero-order chi connectivity index (χ0) is 37.7. The standard InChI is InChI=1S/C27H34N4O2S.C13H12F3N3S/c1-3-5-20-19-29-27(25-18-26-24(30(25)2)12-17-34-26)31(20)15-16-32-21-7-9-23(10-8-21)33-22-6-4-13-28-14-11-22;1-19-9-3-5-20-11(9)6-10(19)12-17-7-8(18-12)2-4-13(14,15)16/h7-10,12,17-19,22,28H,3-6,11,13-16H2,1-2H3;3,5-7H,2,4H2,1H3,(H,17,18). The van der Waals surface area contributed by atoms with Crippen LogP contribution in [0.15, 0.2) is 71.7 Å². The molecule has 0 bridgehead atoms. The maximum Gasteiger partial charge on any atom is 0.389 e. The Morgan fingerprint density at radius 2 is 1.56 bits per heavy atom. The molecule has 0 spiro atoms. The van der Waals surface area contributed by atoms with Crippen LogP contribution in [0.4, 0.5) is 13.2 Å². The summed E-state index contributed by atoms with van der Waals surface area (Å²) in [6.45, 7) is 5.68. The van der Waals surface area contributed by atoms with Crippen molar-refractivity contribution in [3.8, 4) is 34.5 Å². The Labute approximate surface area is 320 Å². The molecule has 1 fully saturated rings. The molecule has 8 rings (SSSR count). The minimum absolute atomic E-state index is 0.0741. The smallest absolute Gasteiger partial charge is 0.389 e. The Bertz CT molecular complexity index is 2250. The molecule has 2 N–H and O–H groups in total. The van der Waals surface area contributed by atoms with Crippen LogP contribution in [0.25, 0.3) is 43.5 Å². The van der Waals surface area contributed by atoms with Gasteiger partial charge < -0.3 is 33.5 Å². The Morgan fingerprint density at radius 3 is 2.26 bits per heavy atom. The zero-order valence-corrected chi connectivity index (χ0v) is 32.4. The Kier molecular flexibility index (Phi) is 11.8. The third-order valence-corrected chi connectivity index (χ3v) is 11.5. The molecule has 1 atom stereocenters. The highest BCUT2D eigenvalue weighted by molar-refractivity contribution is 7.17. The van der Waals surface area contributed by atoms with E-state index >= 15 is 0 Å². The van der Waals surface area contributed by atoms with Crippen LogP contribution in [-0.4, -0.2) is 60.6 Å². The second-order valence-corrected chi connectivity index (χ2v) is 15.5. The number of hydrogen-bond acceptors (Lipinski definition) is 7. The number of alkyl halides is 3. The minimum atomic E-state index is -4.14. The van der Waals surface area contributed by atoms with Crippen molar-refractivity contribution in [2.45, 2.75) is 70.7 Å². The molecule has 7 aromatic rings. The Morgan fingerprint density at radius 1 is 0.852 bits per heavy atom. The van der Waals surface area contributed by atoms with Crippen molar-refractivity contribution >= 4 is 43.1 Å². The van der Waals surface area contributed by atoms with Crippen molar-refractivity contribution < 1.29 is 22.6 Å². The molecule has 9 nitrogen and oxygen atoms in total. The number of halogens is 3. The summed E-state index contributed by atoms with van der Waals surface area (Å²) in [5, 5.41) is 7.58. The molecule has 0 radical (unpaired) electrons. The van der Waals surface area contributed by atoms with E-state index in [2.05, 4.69) is 55.9 Å². The fourth-order valence-corrected chi connectivity index (χ4v) is 8.62. The molecule has 14 heteroatoms. The van der Waals surface area contributed by atoms with Gasteiger partial charge in [0, 0.05) is 44.3 Å². The van der Waals surface area contributed by atoms with Crippen LogP contribution in [0, 0.1) is 0 Å². The third-order valence-electron chi connectivity index (χ3n) is 9.78. The van der Waals surface area contributed by atoms with Crippen molar-refractivity contribution in [2.24, 2.45) is 14.1 Å². The molecule has 286 valence electrons. The van der Waals surface area contributed by atoms with Gasteiger partial charge in [0.1, 0.15) is 18.1 Å². The van der Waals surface area contributed by atoms with E-state index < -0.39 is 12.6 Å². The summed E-state index contributed by atoms with van der Waals surface area (Å²) in [5.41, 5.74) is 6.14. The molecule has 0 saturated carbocycles. The van der Waals surface area contributed by atoms with Crippen LogP contribution >= 0.6 is 22.7 Å². The molecule has 1 unspecified atom stereocenters. The number of imidazole rings is 2. The molecule has 0 amide bonds. The largest absolute Gasteiger partial charge is 0.492 e. The van der Waals surface area contributed by atoms with Crippen molar-refractivity contribution in [1.82, 2.24) is 34.0 Å². The molecular weight excluding hydrogens is 732 g/mol. The first-order chi connectivity index (χ1) is 26.2. The van der Waals surface area contributed by atoms with Gasteiger partial charge in [-0.15, -0.1) is 22.7 Å². The summed E-state index contributed by atoms with van der Waals surface area (Å²) >= 11 is 3.40. The van der Waals surface area contributed by atoms with Gasteiger partial charge in [-0.3, -0.25) is 0 Å². The average molecular weight is 778 g/mol. The maximum atomic E-state index is 12.2. The number of benzene rings is 1. The highest BCUT2D eigenvalue weighted by Gasteiger charge is 2.27. The number of rotatable bonds is 12. The lowest BCUT2D eigenvalue weighted by Gasteiger charge is -2.17. The number of nitrogens with one attached hydrogen (secondary N) is 2. The number of aromatic amines is 1. The van der Waals surface area contributed by atoms with Crippen molar-refractivity contribution in [3.63, 3.8) is 0 Å². The van der Waals surface area contributed by atoms with Crippen LogP contribution < -0.4 is 14.8 Å². The molecular formula is C40H46F3N7O2S2. The summed E-state index contributed by atoms with van der Waals surface area (Å²) in [4.78, 5) is 12.0. The number of aryl methyl sites for hydroxylation is 4. The van der Waals surface area contributed by atoms with E-state index in [4.69, 9.17) is 14.5 Å². The lowest BCUT2D eigenvalue weighted by molar-refractivity contribution is -0.134. The van der Waals surface area contributed by atoms with E-state index in [9.17, 15) is 13.2 Å². The lowest BCUT2D eigenvalue weighted by atomic mass is 10.1. The van der Waals surface area contributed by atoms with Gasteiger partial charge in [-0.05, 0) is 104 Å². The van der Waals surface area contributed by atoms with E-state index in [1.165, 1.54) is 28.5 Å². The summed E-state index contributed by atoms with van der Waals surface area (Å²) in [7, 11) is 4.04. The number of nitrogens with zero attached hydrogens (tertiary/aromatic N) is 5. The van der Waals surface area contributed by atoms with E-state index in [-0.39, 0.29) is 6.42 Å². The summed E-state index contributed by atoms with van der Waals surface area (Å²) in [6, 6.07) is 16.5. The quantitative estimate of drug-likeness (QED) is 0.129. The summed E-state index contributed by atoms with van der Waals surface area (Å²) in [6.07, 6.45) is 4.18. The van der Waals surface area contributed by atoms with Gasteiger partial charge in [0.15, 0.2) is 11.6 Å². The number of ether oxygens (including phenoxy) is 2. The van der Waals surface area contributed by atoms with E-state index in [1.54, 1.807) is 22.7 Å². The van der Waals surface area contributed by atoms with E-state index in [1.807, 2.05) is 59.6 Å². The number of hydrogen-bond donors (Lipinski definition) is 2. The third kappa shape index (κ3) is 8.88. The maximum absolute atomic E-state index is 12.2. The first-order valence-electron chi connectivity index (χ1n) is 18.5.